The van der Waals surface area contributed by atoms with Crippen molar-refractivity contribution >= 4 is 11.5 Å². The van der Waals surface area contributed by atoms with E-state index in [0.29, 0.717) is 12.4 Å². The van der Waals surface area contributed by atoms with E-state index in [4.69, 9.17) is 14.2 Å². The Morgan fingerprint density at radius 3 is 2.56 bits per heavy atom. The summed E-state index contributed by atoms with van der Waals surface area (Å²) in [5, 5.41) is 0. The molecule has 0 spiro atoms. The minimum absolute atomic E-state index is 0.0194. The zero-order valence-corrected chi connectivity index (χ0v) is 18.9. The van der Waals surface area contributed by atoms with Crippen molar-refractivity contribution in [2.75, 3.05) is 33.4 Å². The topological polar surface area (TPSA) is 48.0 Å². The van der Waals surface area contributed by atoms with Gasteiger partial charge < -0.3 is 14.2 Å². The number of nitrogens with zero attached hydrogens (tertiary/aromatic N) is 1. The van der Waals surface area contributed by atoms with Gasteiger partial charge in [-0.15, -0.1) is 0 Å². The highest BCUT2D eigenvalue weighted by Crippen LogP contribution is 2.34. The Balaban J connectivity index is 1.32. The lowest BCUT2D eigenvalue weighted by Crippen LogP contribution is -2.51. The third kappa shape index (κ3) is 5.13. The molecule has 0 aromatic heterocycles. The third-order valence-electron chi connectivity index (χ3n) is 6.25. The zero-order chi connectivity index (χ0) is 22.7. The van der Waals surface area contributed by atoms with Crippen molar-refractivity contribution in [1.82, 2.24) is 4.90 Å². The standard InChI is InChI=1S/C26H30FNO4/c1-17(32-23-8-6-22(27)7-9-23)16-31-24-10-11-25-18(2)20(5-4-19(25)12-24)13-28-14-21(15-28)26(29)30-3/h6-12,17,21H,4-5,13-16H2,1-3H3. The summed E-state index contributed by atoms with van der Waals surface area (Å²) >= 11 is 0. The molecule has 1 atom stereocenters. The van der Waals surface area contributed by atoms with E-state index in [1.54, 1.807) is 12.1 Å². The van der Waals surface area contributed by atoms with Gasteiger partial charge in [0.25, 0.3) is 0 Å². The average molecular weight is 440 g/mol. The van der Waals surface area contributed by atoms with Crippen LogP contribution in [0.2, 0.25) is 0 Å². The van der Waals surface area contributed by atoms with E-state index in [9.17, 15) is 9.18 Å². The maximum atomic E-state index is 13.0. The lowest BCUT2D eigenvalue weighted by molar-refractivity contribution is -0.151. The molecule has 1 heterocycles. The Labute approximate surface area is 188 Å². The molecule has 5 nitrogen and oxygen atoms in total. The fourth-order valence-electron chi connectivity index (χ4n) is 4.37. The number of hydrogen-bond acceptors (Lipinski definition) is 5. The van der Waals surface area contributed by atoms with Crippen molar-refractivity contribution in [3.8, 4) is 11.5 Å². The van der Waals surface area contributed by atoms with Crippen molar-refractivity contribution in [2.45, 2.75) is 32.8 Å². The van der Waals surface area contributed by atoms with Gasteiger partial charge in [0.2, 0.25) is 0 Å². The molecular weight excluding hydrogens is 409 g/mol. The van der Waals surface area contributed by atoms with Crippen molar-refractivity contribution in [3.05, 3.63) is 65.0 Å². The van der Waals surface area contributed by atoms with Crippen molar-refractivity contribution in [1.29, 1.82) is 0 Å². The first-order chi connectivity index (χ1) is 15.4. The van der Waals surface area contributed by atoms with E-state index in [1.807, 2.05) is 13.0 Å². The number of ether oxygens (including phenoxy) is 3. The molecule has 0 saturated carbocycles. The Kier molecular flexibility index (Phi) is 6.80. The van der Waals surface area contributed by atoms with Gasteiger partial charge in [-0.05, 0) is 79.8 Å². The summed E-state index contributed by atoms with van der Waals surface area (Å²) in [5.74, 6) is 1.09. The largest absolute Gasteiger partial charge is 0.490 e. The monoisotopic (exact) mass is 439 g/mol. The number of carbonyl (C=O) groups excluding carboxylic acids is 1. The second kappa shape index (κ2) is 9.74. The molecule has 2 aromatic carbocycles. The van der Waals surface area contributed by atoms with Crippen molar-refractivity contribution in [3.63, 3.8) is 0 Å². The molecule has 2 aromatic rings. The number of esters is 1. The van der Waals surface area contributed by atoms with Gasteiger partial charge in [0.15, 0.2) is 0 Å². The van der Waals surface area contributed by atoms with Gasteiger partial charge >= 0.3 is 5.97 Å². The number of rotatable bonds is 8. The quantitative estimate of drug-likeness (QED) is 0.567. The summed E-state index contributed by atoms with van der Waals surface area (Å²) in [6.07, 6.45) is 1.84. The number of methoxy groups -OCH3 is 1. The minimum Gasteiger partial charge on any atom is -0.490 e. The fourth-order valence-corrected chi connectivity index (χ4v) is 4.37. The molecule has 2 aliphatic rings. The smallest absolute Gasteiger partial charge is 0.311 e. The molecule has 6 heteroatoms. The van der Waals surface area contributed by atoms with Crippen LogP contribution in [0.25, 0.3) is 5.57 Å². The predicted octanol–water partition coefficient (Wildman–Crippen LogP) is 4.50. The first-order valence-electron chi connectivity index (χ1n) is 11.1. The van der Waals surface area contributed by atoms with Gasteiger partial charge in [0.05, 0.1) is 13.0 Å². The summed E-state index contributed by atoms with van der Waals surface area (Å²) in [6, 6.07) is 12.3. The Morgan fingerprint density at radius 2 is 1.84 bits per heavy atom. The van der Waals surface area contributed by atoms with Crippen LogP contribution in [0.5, 0.6) is 11.5 Å². The summed E-state index contributed by atoms with van der Waals surface area (Å²) < 4.78 is 29.6. The minimum atomic E-state index is -0.280. The Bertz CT molecular complexity index is 995. The number of carbonyl (C=O) groups is 1. The molecule has 1 aliphatic heterocycles. The van der Waals surface area contributed by atoms with Gasteiger partial charge in [-0.1, -0.05) is 11.6 Å². The molecule has 0 radical (unpaired) electrons. The van der Waals surface area contributed by atoms with E-state index in [0.717, 1.165) is 38.2 Å². The molecule has 1 aliphatic carbocycles. The van der Waals surface area contributed by atoms with Crippen LogP contribution < -0.4 is 9.47 Å². The van der Waals surface area contributed by atoms with E-state index >= 15 is 0 Å². The van der Waals surface area contributed by atoms with Gasteiger partial charge in [-0.25, -0.2) is 4.39 Å². The van der Waals surface area contributed by atoms with E-state index in [2.05, 4.69) is 24.0 Å². The van der Waals surface area contributed by atoms with Gasteiger partial charge in [0, 0.05) is 19.6 Å². The Hall–Kier alpha value is -2.86. The second-order valence-electron chi connectivity index (χ2n) is 8.66. The van der Waals surface area contributed by atoms with Crippen molar-refractivity contribution < 1.29 is 23.4 Å². The Morgan fingerprint density at radius 1 is 1.12 bits per heavy atom. The molecule has 0 bridgehead atoms. The highest BCUT2D eigenvalue weighted by molar-refractivity contribution is 5.74. The number of likely N-dealkylation sites (tertiary alicyclic amines) is 1. The normalized spacial score (nSPS) is 17.4. The molecule has 1 unspecified atom stereocenters. The number of hydrogen-bond donors (Lipinski definition) is 0. The van der Waals surface area contributed by atoms with Crippen molar-refractivity contribution in [2.24, 2.45) is 5.92 Å². The summed E-state index contributed by atoms with van der Waals surface area (Å²) in [5.41, 5.74) is 5.34. The summed E-state index contributed by atoms with van der Waals surface area (Å²) in [7, 11) is 1.45. The number of aryl methyl sites for hydroxylation is 1. The van der Waals surface area contributed by atoms with E-state index < -0.39 is 0 Å². The van der Waals surface area contributed by atoms with Gasteiger partial charge in [-0.2, -0.15) is 0 Å². The number of halogens is 1. The maximum absolute atomic E-state index is 13.0. The molecule has 32 heavy (non-hydrogen) atoms. The van der Waals surface area contributed by atoms with Crippen LogP contribution in [-0.4, -0.2) is 50.3 Å². The molecular formula is C26H30FNO4. The first-order valence-corrected chi connectivity index (χ1v) is 11.1. The fraction of sp³-hybridized carbons (Fsp3) is 0.423. The number of benzene rings is 2. The SMILES string of the molecule is COC(=O)C1CN(CC2=C(C)c3ccc(OCC(C)Oc4ccc(F)cc4)cc3CC2)C1. The first kappa shape index (κ1) is 22.3. The van der Waals surface area contributed by atoms with Crippen LogP contribution in [0.3, 0.4) is 0 Å². The second-order valence-corrected chi connectivity index (χ2v) is 8.66. The summed E-state index contributed by atoms with van der Waals surface area (Å²) in [4.78, 5) is 13.9. The lowest BCUT2D eigenvalue weighted by atomic mass is 9.85. The maximum Gasteiger partial charge on any atom is 0.311 e. The average Bonchev–Trinajstić information content (AvgIpc) is 2.77. The van der Waals surface area contributed by atoms with Crippen LogP contribution in [0.1, 0.15) is 31.4 Å². The highest BCUT2D eigenvalue weighted by Gasteiger charge is 2.34. The third-order valence-corrected chi connectivity index (χ3v) is 6.25. The van der Waals surface area contributed by atoms with E-state index in [1.165, 1.54) is 41.5 Å². The number of fused-ring (bicyclic) bond motifs is 1. The van der Waals surface area contributed by atoms with Crippen LogP contribution >= 0.6 is 0 Å². The molecule has 1 fully saturated rings. The predicted molar refractivity (Wildman–Crippen MR) is 121 cm³/mol. The van der Waals surface area contributed by atoms with Crippen LogP contribution in [0.15, 0.2) is 48.0 Å². The van der Waals surface area contributed by atoms with Gasteiger partial charge in [-0.3, -0.25) is 9.69 Å². The highest BCUT2D eigenvalue weighted by atomic mass is 19.1. The van der Waals surface area contributed by atoms with Crippen LogP contribution in [0, 0.1) is 11.7 Å². The lowest BCUT2D eigenvalue weighted by Gasteiger charge is -2.39. The molecule has 4 rings (SSSR count). The molecule has 170 valence electrons. The zero-order valence-electron chi connectivity index (χ0n) is 18.9. The van der Waals surface area contributed by atoms with Crippen LogP contribution in [0.4, 0.5) is 4.39 Å². The number of allylic oxidation sites excluding steroid dienone is 1. The summed E-state index contributed by atoms with van der Waals surface area (Å²) in [6.45, 7) is 7.00. The molecule has 0 N–H and O–H groups in total. The molecule has 0 amide bonds. The van der Waals surface area contributed by atoms with Crippen LogP contribution in [-0.2, 0) is 16.0 Å². The van der Waals surface area contributed by atoms with E-state index in [-0.39, 0.29) is 23.8 Å². The van der Waals surface area contributed by atoms with Gasteiger partial charge in [0.1, 0.15) is 30.0 Å². The molecule has 1 saturated heterocycles.